The predicted molar refractivity (Wildman–Crippen MR) is 123 cm³/mol. The van der Waals surface area contributed by atoms with Crippen molar-refractivity contribution >= 4 is 51.6 Å². The zero-order chi connectivity index (χ0) is 20.9. The second-order valence-corrected chi connectivity index (χ2v) is 9.99. The monoisotopic (exact) mass is 537 g/mol. The molecule has 1 saturated heterocycles. The number of primary amides is 1. The van der Waals surface area contributed by atoms with E-state index in [9.17, 15) is 18.0 Å². The normalized spacial score (nSPS) is 17.8. The molecule has 0 radical (unpaired) electrons. The molecule has 0 aromatic heterocycles. The quantitative estimate of drug-likeness (QED) is 0.277. The number of benzene rings is 1. The maximum atomic E-state index is 12.2. The lowest BCUT2D eigenvalue weighted by molar-refractivity contribution is -0.117. The Kier molecular flexibility index (Phi) is 8.87. The summed E-state index contributed by atoms with van der Waals surface area (Å²) < 4.78 is 23.5. The van der Waals surface area contributed by atoms with Gasteiger partial charge in [0.15, 0.2) is 15.8 Å². The van der Waals surface area contributed by atoms with Gasteiger partial charge in [0.1, 0.15) is 0 Å². The molecular formula is C18H28IN5O4S. The Morgan fingerprint density at radius 2 is 1.83 bits per heavy atom. The Hall–Kier alpha value is -1.89. The third-order valence-electron chi connectivity index (χ3n) is 4.64. The van der Waals surface area contributed by atoms with E-state index in [4.69, 9.17) is 5.73 Å². The van der Waals surface area contributed by atoms with Crippen LogP contribution in [-0.2, 0) is 21.2 Å². The van der Waals surface area contributed by atoms with Crippen molar-refractivity contribution in [3.05, 3.63) is 35.4 Å². The molecule has 29 heavy (non-hydrogen) atoms. The Morgan fingerprint density at radius 3 is 2.34 bits per heavy atom. The van der Waals surface area contributed by atoms with Crippen molar-refractivity contribution in [2.45, 2.75) is 25.1 Å². The molecule has 11 heteroatoms. The number of sulfone groups is 1. The average Bonchev–Trinajstić information content (AvgIpc) is 2.63. The van der Waals surface area contributed by atoms with Gasteiger partial charge in [0, 0.05) is 32.2 Å². The van der Waals surface area contributed by atoms with E-state index >= 15 is 0 Å². The molecule has 1 aromatic rings. The SMILES string of the molecule is CN=C(NCc1ccc(C(=O)NCC(N)=O)cc1)N1CCS(=O)(=O)C(C)(C)C1.I. The number of amides is 2. The van der Waals surface area contributed by atoms with E-state index in [1.807, 2.05) is 4.90 Å². The first-order valence-electron chi connectivity index (χ1n) is 8.89. The second kappa shape index (κ2) is 10.2. The van der Waals surface area contributed by atoms with E-state index in [1.165, 1.54) is 0 Å². The molecule has 0 aliphatic carbocycles. The van der Waals surface area contributed by atoms with E-state index in [-0.39, 0.29) is 42.2 Å². The van der Waals surface area contributed by atoms with Crippen LogP contribution in [0.4, 0.5) is 0 Å². The number of nitrogens with one attached hydrogen (secondary N) is 2. The van der Waals surface area contributed by atoms with Crippen LogP contribution < -0.4 is 16.4 Å². The van der Waals surface area contributed by atoms with Gasteiger partial charge in [-0.15, -0.1) is 24.0 Å². The maximum Gasteiger partial charge on any atom is 0.251 e. The van der Waals surface area contributed by atoms with Crippen LogP contribution in [0.15, 0.2) is 29.3 Å². The lowest BCUT2D eigenvalue weighted by Gasteiger charge is -2.39. The lowest BCUT2D eigenvalue weighted by Crippen LogP contribution is -2.57. The van der Waals surface area contributed by atoms with Gasteiger partial charge in [-0.3, -0.25) is 14.6 Å². The molecule has 0 unspecified atom stereocenters. The minimum Gasteiger partial charge on any atom is -0.368 e. The van der Waals surface area contributed by atoms with E-state index in [0.29, 0.717) is 31.2 Å². The fraction of sp³-hybridized carbons (Fsp3) is 0.500. The van der Waals surface area contributed by atoms with Crippen LogP contribution >= 0.6 is 24.0 Å². The van der Waals surface area contributed by atoms with Crippen molar-refractivity contribution in [2.75, 3.05) is 32.4 Å². The van der Waals surface area contributed by atoms with E-state index in [2.05, 4.69) is 15.6 Å². The summed E-state index contributed by atoms with van der Waals surface area (Å²) in [7, 11) is -1.46. The van der Waals surface area contributed by atoms with Crippen molar-refractivity contribution in [1.29, 1.82) is 0 Å². The van der Waals surface area contributed by atoms with Gasteiger partial charge in [-0.25, -0.2) is 8.42 Å². The summed E-state index contributed by atoms with van der Waals surface area (Å²) in [5.74, 6) is -0.248. The average molecular weight is 537 g/mol. The molecule has 0 spiro atoms. The highest BCUT2D eigenvalue weighted by Gasteiger charge is 2.40. The van der Waals surface area contributed by atoms with Crippen LogP contribution in [0.3, 0.4) is 0 Å². The zero-order valence-electron chi connectivity index (χ0n) is 16.8. The van der Waals surface area contributed by atoms with Gasteiger partial charge in [-0.1, -0.05) is 12.1 Å². The van der Waals surface area contributed by atoms with Crippen LogP contribution in [0, 0.1) is 0 Å². The standard InChI is InChI=1S/C18H27N5O4S.HI/c1-18(2)12-23(8-9-28(18,26)27)17(20-3)22-10-13-4-6-14(7-5-13)16(25)21-11-15(19)24;/h4-7H,8-12H2,1-3H3,(H2,19,24)(H,20,22)(H,21,25);1H. The van der Waals surface area contributed by atoms with Gasteiger partial charge >= 0.3 is 0 Å². The highest BCUT2D eigenvalue weighted by atomic mass is 127. The molecule has 0 bridgehead atoms. The third kappa shape index (κ3) is 6.56. The van der Waals surface area contributed by atoms with Crippen LogP contribution in [0.1, 0.15) is 29.8 Å². The summed E-state index contributed by atoms with van der Waals surface area (Å²) in [6, 6.07) is 6.91. The highest BCUT2D eigenvalue weighted by molar-refractivity contribution is 14.0. The van der Waals surface area contributed by atoms with Crippen LogP contribution in [0.25, 0.3) is 0 Å². The van der Waals surface area contributed by atoms with Crippen molar-refractivity contribution in [3.8, 4) is 0 Å². The van der Waals surface area contributed by atoms with Gasteiger partial charge < -0.3 is 21.3 Å². The van der Waals surface area contributed by atoms with Gasteiger partial charge in [-0.05, 0) is 31.5 Å². The first-order chi connectivity index (χ1) is 13.1. The number of rotatable bonds is 5. The zero-order valence-corrected chi connectivity index (χ0v) is 19.9. The first kappa shape index (κ1) is 25.1. The van der Waals surface area contributed by atoms with Gasteiger partial charge in [0.25, 0.3) is 5.91 Å². The topological polar surface area (TPSA) is 134 Å². The summed E-state index contributed by atoms with van der Waals surface area (Å²) in [4.78, 5) is 28.8. The molecule has 2 amide bonds. The number of halogens is 1. The van der Waals surface area contributed by atoms with Crippen LogP contribution in [-0.4, -0.2) is 68.3 Å². The summed E-state index contributed by atoms with van der Waals surface area (Å²) >= 11 is 0. The number of aliphatic imine (C=N–C) groups is 1. The summed E-state index contributed by atoms with van der Waals surface area (Å²) in [5.41, 5.74) is 6.36. The molecule has 4 N–H and O–H groups in total. The number of guanidine groups is 1. The minimum atomic E-state index is -3.12. The van der Waals surface area contributed by atoms with Gasteiger partial charge in [0.2, 0.25) is 5.91 Å². The number of carbonyl (C=O) groups is 2. The largest absolute Gasteiger partial charge is 0.368 e. The van der Waals surface area contributed by atoms with Crippen molar-refractivity contribution in [2.24, 2.45) is 10.7 Å². The molecule has 2 rings (SSSR count). The predicted octanol–water partition coefficient (Wildman–Crippen LogP) is 0.104. The van der Waals surface area contributed by atoms with Gasteiger partial charge in [-0.2, -0.15) is 0 Å². The second-order valence-electron chi connectivity index (χ2n) is 7.25. The minimum absolute atomic E-state index is 0. The molecule has 0 saturated carbocycles. The Morgan fingerprint density at radius 1 is 1.21 bits per heavy atom. The summed E-state index contributed by atoms with van der Waals surface area (Å²) in [6.07, 6.45) is 0. The molecular weight excluding hydrogens is 509 g/mol. The summed E-state index contributed by atoms with van der Waals surface area (Å²) in [6.45, 7) is 4.48. The Labute approximate surface area is 188 Å². The fourth-order valence-corrected chi connectivity index (χ4v) is 4.25. The van der Waals surface area contributed by atoms with Crippen molar-refractivity contribution in [1.82, 2.24) is 15.5 Å². The summed E-state index contributed by atoms with van der Waals surface area (Å²) in [5, 5.41) is 5.66. The third-order valence-corrected chi connectivity index (χ3v) is 7.18. The number of hydrogen-bond donors (Lipinski definition) is 3. The van der Waals surface area contributed by atoms with Gasteiger partial charge in [0.05, 0.1) is 17.0 Å². The lowest BCUT2D eigenvalue weighted by atomic mass is 10.1. The maximum absolute atomic E-state index is 12.2. The molecule has 1 aliphatic heterocycles. The van der Waals surface area contributed by atoms with Crippen molar-refractivity contribution < 1.29 is 18.0 Å². The first-order valence-corrected chi connectivity index (χ1v) is 10.5. The van der Waals surface area contributed by atoms with E-state index in [0.717, 1.165) is 5.56 Å². The van der Waals surface area contributed by atoms with Crippen molar-refractivity contribution in [3.63, 3.8) is 0 Å². The molecule has 1 heterocycles. The molecule has 9 nitrogen and oxygen atoms in total. The smallest absolute Gasteiger partial charge is 0.251 e. The molecule has 1 aliphatic rings. The van der Waals surface area contributed by atoms with Crippen LogP contribution in [0.2, 0.25) is 0 Å². The Balaban J connectivity index is 0.00000420. The number of carbonyl (C=O) groups excluding carboxylic acids is 2. The molecule has 1 aromatic carbocycles. The number of hydrogen-bond acceptors (Lipinski definition) is 5. The number of nitrogens with two attached hydrogens (primary N) is 1. The molecule has 1 fully saturated rings. The van der Waals surface area contributed by atoms with Crippen LogP contribution in [0.5, 0.6) is 0 Å². The fourth-order valence-electron chi connectivity index (χ4n) is 2.88. The van der Waals surface area contributed by atoms with E-state index in [1.54, 1.807) is 45.2 Å². The number of nitrogens with zero attached hydrogens (tertiary/aromatic N) is 2. The highest BCUT2D eigenvalue weighted by Crippen LogP contribution is 2.23. The van der Waals surface area contributed by atoms with E-state index < -0.39 is 20.5 Å². The molecule has 0 atom stereocenters. The molecule has 162 valence electrons. The Bertz CT molecular complexity index is 869.